The molecule has 0 atom stereocenters. The number of thiophene rings is 1. The Hall–Kier alpha value is -2.46. The SMILES string of the molecule is CCCNc1ccc([N+](=O)[O-])c(-c2ccc(C#N)s2)n1. The highest BCUT2D eigenvalue weighted by Crippen LogP contribution is 2.34. The summed E-state index contributed by atoms with van der Waals surface area (Å²) in [6.07, 6.45) is 0.936. The van der Waals surface area contributed by atoms with Gasteiger partial charge in [-0.05, 0) is 24.6 Å². The number of anilines is 1. The van der Waals surface area contributed by atoms with E-state index in [1.165, 1.54) is 17.4 Å². The van der Waals surface area contributed by atoms with E-state index in [0.29, 0.717) is 21.3 Å². The minimum absolute atomic E-state index is 0.0570. The fourth-order valence-corrected chi connectivity index (χ4v) is 2.46. The van der Waals surface area contributed by atoms with Crippen LogP contribution in [0.5, 0.6) is 0 Å². The second-order valence-electron chi connectivity index (χ2n) is 4.02. The number of hydrogen-bond donors (Lipinski definition) is 1. The monoisotopic (exact) mass is 288 g/mol. The summed E-state index contributed by atoms with van der Waals surface area (Å²) in [5.41, 5.74) is 0.237. The van der Waals surface area contributed by atoms with Crippen LogP contribution in [0, 0.1) is 21.4 Å². The average Bonchev–Trinajstić information content (AvgIpc) is 2.93. The van der Waals surface area contributed by atoms with Crippen LogP contribution < -0.4 is 5.32 Å². The number of nitrogens with zero attached hydrogens (tertiary/aromatic N) is 3. The fraction of sp³-hybridized carbons (Fsp3) is 0.231. The summed E-state index contributed by atoms with van der Waals surface area (Å²) < 4.78 is 0. The Bertz CT molecular complexity index is 675. The second kappa shape index (κ2) is 6.12. The van der Waals surface area contributed by atoms with E-state index < -0.39 is 4.92 Å². The highest BCUT2D eigenvalue weighted by Gasteiger charge is 2.19. The largest absolute Gasteiger partial charge is 0.370 e. The second-order valence-corrected chi connectivity index (χ2v) is 5.11. The minimum Gasteiger partial charge on any atom is -0.370 e. The van der Waals surface area contributed by atoms with Crippen molar-refractivity contribution in [2.45, 2.75) is 13.3 Å². The molecule has 0 spiro atoms. The van der Waals surface area contributed by atoms with Crippen LogP contribution in [0.2, 0.25) is 0 Å². The van der Waals surface area contributed by atoms with Gasteiger partial charge in [0.05, 0.1) is 9.80 Å². The van der Waals surface area contributed by atoms with Crippen LogP contribution >= 0.6 is 11.3 Å². The summed E-state index contributed by atoms with van der Waals surface area (Å²) in [7, 11) is 0. The van der Waals surface area contributed by atoms with Crippen molar-refractivity contribution in [1.29, 1.82) is 5.26 Å². The molecule has 20 heavy (non-hydrogen) atoms. The van der Waals surface area contributed by atoms with Crippen LogP contribution in [0.25, 0.3) is 10.6 Å². The molecule has 2 heterocycles. The summed E-state index contributed by atoms with van der Waals surface area (Å²) in [4.78, 5) is 16.0. The van der Waals surface area contributed by atoms with Crippen molar-refractivity contribution in [3.05, 3.63) is 39.3 Å². The molecule has 0 unspecified atom stereocenters. The first kappa shape index (κ1) is 14.0. The van der Waals surface area contributed by atoms with Gasteiger partial charge in [0.2, 0.25) is 0 Å². The molecule has 0 aliphatic rings. The Morgan fingerprint density at radius 2 is 2.25 bits per heavy atom. The van der Waals surface area contributed by atoms with Crippen LogP contribution in [-0.4, -0.2) is 16.5 Å². The molecule has 0 saturated carbocycles. The lowest BCUT2D eigenvalue weighted by Crippen LogP contribution is -2.03. The quantitative estimate of drug-likeness (QED) is 0.672. The van der Waals surface area contributed by atoms with Gasteiger partial charge in [-0.2, -0.15) is 5.26 Å². The topological polar surface area (TPSA) is 91.9 Å². The van der Waals surface area contributed by atoms with Gasteiger partial charge in [-0.3, -0.25) is 10.1 Å². The Balaban J connectivity index is 2.46. The van der Waals surface area contributed by atoms with E-state index in [1.807, 2.05) is 13.0 Å². The normalized spacial score (nSPS) is 10.0. The molecule has 0 saturated heterocycles. The van der Waals surface area contributed by atoms with Gasteiger partial charge < -0.3 is 5.32 Å². The molecular formula is C13H12N4O2S. The van der Waals surface area contributed by atoms with Gasteiger partial charge >= 0.3 is 0 Å². The molecule has 0 aliphatic carbocycles. The zero-order valence-electron chi connectivity index (χ0n) is 10.8. The van der Waals surface area contributed by atoms with E-state index in [2.05, 4.69) is 10.3 Å². The number of hydrogen-bond acceptors (Lipinski definition) is 6. The van der Waals surface area contributed by atoms with Crippen molar-refractivity contribution in [2.75, 3.05) is 11.9 Å². The maximum atomic E-state index is 11.1. The summed E-state index contributed by atoms with van der Waals surface area (Å²) in [6, 6.07) is 8.37. The highest BCUT2D eigenvalue weighted by atomic mass is 32.1. The molecule has 0 fully saturated rings. The third-order valence-electron chi connectivity index (χ3n) is 2.58. The van der Waals surface area contributed by atoms with Gasteiger partial charge in [0, 0.05) is 12.6 Å². The van der Waals surface area contributed by atoms with E-state index in [0.717, 1.165) is 13.0 Å². The zero-order chi connectivity index (χ0) is 14.5. The van der Waals surface area contributed by atoms with Crippen LogP contribution in [0.4, 0.5) is 11.5 Å². The predicted molar refractivity (Wildman–Crippen MR) is 77.7 cm³/mol. The third kappa shape index (κ3) is 2.92. The Morgan fingerprint density at radius 1 is 1.45 bits per heavy atom. The number of nitro groups is 1. The van der Waals surface area contributed by atoms with Gasteiger partial charge in [0.1, 0.15) is 16.8 Å². The van der Waals surface area contributed by atoms with Gasteiger partial charge in [-0.1, -0.05) is 6.92 Å². The third-order valence-corrected chi connectivity index (χ3v) is 3.57. The van der Waals surface area contributed by atoms with Crippen LogP contribution in [0.15, 0.2) is 24.3 Å². The molecule has 102 valence electrons. The van der Waals surface area contributed by atoms with Crippen molar-refractivity contribution >= 4 is 22.8 Å². The molecule has 0 aromatic carbocycles. The summed E-state index contributed by atoms with van der Waals surface area (Å²) in [5, 5.41) is 23.0. The van der Waals surface area contributed by atoms with E-state index in [9.17, 15) is 10.1 Å². The van der Waals surface area contributed by atoms with Crippen molar-refractivity contribution < 1.29 is 4.92 Å². The minimum atomic E-state index is -0.461. The molecule has 2 aromatic rings. The van der Waals surface area contributed by atoms with Gasteiger partial charge in [-0.25, -0.2) is 4.98 Å². The van der Waals surface area contributed by atoms with Crippen LogP contribution in [-0.2, 0) is 0 Å². The maximum Gasteiger partial charge on any atom is 0.296 e. The van der Waals surface area contributed by atoms with Crippen molar-refractivity contribution in [2.24, 2.45) is 0 Å². The van der Waals surface area contributed by atoms with E-state index in [-0.39, 0.29) is 5.69 Å². The first-order valence-electron chi connectivity index (χ1n) is 6.05. The molecule has 2 rings (SSSR count). The first-order valence-corrected chi connectivity index (χ1v) is 6.87. The Morgan fingerprint density at radius 3 is 2.85 bits per heavy atom. The van der Waals surface area contributed by atoms with Crippen LogP contribution in [0.3, 0.4) is 0 Å². The number of pyridine rings is 1. The summed E-state index contributed by atoms with van der Waals surface area (Å²) in [6.45, 7) is 2.77. The average molecular weight is 288 g/mol. The molecule has 0 bridgehead atoms. The molecule has 1 N–H and O–H groups in total. The first-order chi connectivity index (χ1) is 9.65. The lowest BCUT2D eigenvalue weighted by molar-refractivity contribution is -0.384. The van der Waals surface area contributed by atoms with E-state index >= 15 is 0 Å². The number of aromatic nitrogens is 1. The smallest absolute Gasteiger partial charge is 0.296 e. The summed E-state index contributed by atoms with van der Waals surface area (Å²) in [5.74, 6) is 0.597. The van der Waals surface area contributed by atoms with Gasteiger partial charge in [0.25, 0.3) is 5.69 Å². The fourth-order valence-electron chi connectivity index (χ4n) is 1.66. The number of rotatable bonds is 5. The molecule has 6 nitrogen and oxygen atoms in total. The molecule has 0 amide bonds. The molecule has 2 aromatic heterocycles. The van der Waals surface area contributed by atoms with Gasteiger partial charge in [-0.15, -0.1) is 11.3 Å². The highest BCUT2D eigenvalue weighted by molar-refractivity contribution is 7.16. The van der Waals surface area contributed by atoms with Crippen molar-refractivity contribution in [1.82, 2.24) is 4.98 Å². The maximum absolute atomic E-state index is 11.1. The molecule has 0 aliphatic heterocycles. The Labute approximate surface area is 119 Å². The van der Waals surface area contributed by atoms with Gasteiger partial charge in [0.15, 0.2) is 5.69 Å². The molecular weight excluding hydrogens is 276 g/mol. The lowest BCUT2D eigenvalue weighted by Gasteiger charge is -2.06. The zero-order valence-corrected chi connectivity index (χ0v) is 11.6. The lowest BCUT2D eigenvalue weighted by atomic mass is 10.2. The van der Waals surface area contributed by atoms with Crippen molar-refractivity contribution in [3.63, 3.8) is 0 Å². The molecule has 7 heteroatoms. The predicted octanol–water partition coefficient (Wildman–Crippen LogP) is 3.41. The van der Waals surface area contributed by atoms with Crippen molar-refractivity contribution in [3.8, 4) is 16.6 Å². The summed E-state index contributed by atoms with van der Waals surface area (Å²) >= 11 is 1.19. The van der Waals surface area contributed by atoms with E-state index in [1.54, 1.807) is 18.2 Å². The molecule has 0 radical (unpaired) electrons. The van der Waals surface area contributed by atoms with Crippen LogP contribution in [0.1, 0.15) is 18.2 Å². The standard InChI is InChI=1S/C13H12N4O2S/c1-2-7-15-12-6-4-10(17(18)19)13(16-12)11-5-3-9(8-14)20-11/h3-6H,2,7H2,1H3,(H,15,16). The van der Waals surface area contributed by atoms with E-state index in [4.69, 9.17) is 5.26 Å². The Kier molecular flexibility index (Phi) is 4.27. The number of nitrogens with one attached hydrogen (secondary N) is 1. The number of nitriles is 1.